The number of aromatic nitrogens is 1. The van der Waals surface area contributed by atoms with Gasteiger partial charge in [-0.2, -0.15) is 0 Å². The number of nitrogens with one attached hydrogen (secondary N) is 1. The van der Waals surface area contributed by atoms with Crippen molar-refractivity contribution in [2.45, 2.75) is 27.3 Å². The molecule has 0 aliphatic heterocycles. The average molecular weight is 276 g/mol. The van der Waals surface area contributed by atoms with Crippen molar-refractivity contribution in [3.63, 3.8) is 0 Å². The molecule has 0 bridgehead atoms. The molecule has 2 heteroatoms. The third-order valence-corrected chi connectivity index (χ3v) is 3.85. The van der Waals surface area contributed by atoms with Crippen LogP contribution in [-0.2, 0) is 6.54 Å². The van der Waals surface area contributed by atoms with Crippen molar-refractivity contribution in [1.82, 2.24) is 4.98 Å². The summed E-state index contributed by atoms with van der Waals surface area (Å²) in [4.78, 5) is 4.15. The summed E-state index contributed by atoms with van der Waals surface area (Å²) in [7, 11) is 0. The Bertz CT molecular complexity index is 767. The van der Waals surface area contributed by atoms with E-state index in [9.17, 15) is 0 Å². The highest BCUT2D eigenvalue weighted by Crippen LogP contribution is 2.23. The van der Waals surface area contributed by atoms with Crippen LogP contribution in [0.1, 0.15) is 22.3 Å². The summed E-state index contributed by atoms with van der Waals surface area (Å²) in [6.45, 7) is 7.30. The van der Waals surface area contributed by atoms with Crippen LogP contribution < -0.4 is 5.32 Å². The number of benzene rings is 2. The van der Waals surface area contributed by atoms with Crippen LogP contribution in [0.4, 0.5) is 5.69 Å². The van der Waals surface area contributed by atoms with Gasteiger partial charge in [-0.15, -0.1) is 0 Å². The van der Waals surface area contributed by atoms with Crippen LogP contribution in [0.2, 0.25) is 0 Å². The van der Waals surface area contributed by atoms with Crippen molar-refractivity contribution in [3.05, 3.63) is 71.0 Å². The first kappa shape index (κ1) is 13.6. The Kier molecular flexibility index (Phi) is 3.61. The van der Waals surface area contributed by atoms with Crippen LogP contribution in [0, 0.1) is 20.8 Å². The van der Waals surface area contributed by atoms with Crippen molar-refractivity contribution in [1.29, 1.82) is 0 Å². The summed E-state index contributed by atoms with van der Waals surface area (Å²) in [6, 6.07) is 13.0. The summed E-state index contributed by atoms with van der Waals surface area (Å²) in [5, 5.41) is 6.00. The van der Waals surface area contributed by atoms with Crippen molar-refractivity contribution >= 4 is 16.5 Å². The Morgan fingerprint density at radius 2 is 1.67 bits per heavy atom. The van der Waals surface area contributed by atoms with Gasteiger partial charge in [0.25, 0.3) is 0 Å². The maximum atomic E-state index is 4.15. The molecule has 0 spiro atoms. The van der Waals surface area contributed by atoms with Gasteiger partial charge >= 0.3 is 0 Å². The molecule has 3 rings (SSSR count). The number of pyridine rings is 1. The Balaban J connectivity index is 1.83. The maximum Gasteiger partial charge on any atom is 0.0402 e. The van der Waals surface area contributed by atoms with E-state index in [1.807, 2.05) is 12.4 Å². The molecule has 0 saturated heterocycles. The topological polar surface area (TPSA) is 24.9 Å². The van der Waals surface area contributed by atoms with E-state index in [1.54, 1.807) is 0 Å². The summed E-state index contributed by atoms with van der Waals surface area (Å²) in [5.74, 6) is 0. The van der Waals surface area contributed by atoms with Crippen LogP contribution in [0.3, 0.4) is 0 Å². The third-order valence-electron chi connectivity index (χ3n) is 3.85. The molecule has 21 heavy (non-hydrogen) atoms. The van der Waals surface area contributed by atoms with E-state index in [4.69, 9.17) is 0 Å². The van der Waals surface area contributed by atoms with Gasteiger partial charge in [0.05, 0.1) is 0 Å². The minimum absolute atomic E-state index is 0.836. The zero-order chi connectivity index (χ0) is 14.8. The monoisotopic (exact) mass is 276 g/mol. The molecule has 1 aromatic heterocycles. The highest BCUT2D eigenvalue weighted by molar-refractivity contribution is 5.82. The van der Waals surface area contributed by atoms with Gasteiger partial charge in [0, 0.05) is 30.0 Å². The standard InChI is InChI=1S/C19H20N2/c1-13-8-14(2)19(15(3)9-13)21-11-16-4-5-18-12-20-7-6-17(18)10-16/h4-10,12,21H,11H2,1-3H3. The molecule has 2 aromatic carbocycles. The van der Waals surface area contributed by atoms with E-state index >= 15 is 0 Å². The zero-order valence-electron chi connectivity index (χ0n) is 12.8. The van der Waals surface area contributed by atoms with E-state index in [0.29, 0.717) is 0 Å². The number of anilines is 1. The second-order valence-corrected chi connectivity index (χ2v) is 5.68. The van der Waals surface area contributed by atoms with Gasteiger partial charge in [0.15, 0.2) is 0 Å². The zero-order valence-corrected chi connectivity index (χ0v) is 12.8. The van der Waals surface area contributed by atoms with Crippen LogP contribution in [-0.4, -0.2) is 4.98 Å². The first-order valence-electron chi connectivity index (χ1n) is 7.28. The second kappa shape index (κ2) is 5.57. The summed E-state index contributed by atoms with van der Waals surface area (Å²) in [6.07, 6.45) is 3.74. The number of aryl methyl sites for hydroxylation is 3. The van der Waals surface area contributed by atoms with Crippen molar-refractivity contribution in [2.24, 2.45) is 0 Å². The van der Waals surface area contributed by atoms with Crippen LogP contribution >= 0.6 is 0 Å². The fraction of sp³-hybridized carbons (Fsp3) is 0.211. The van der Waals surface area contributed by atoms with Gasteiger partial charge in [0.1, 0.15) is 0 Å². The molecular formula is C19H20N2. The van der Waals surface area contributed by atoms with E-state index in [2.05, 4.69) is 67.5 Å². The molecule has 1 heterocycles. The van der Waals surface area contributed by atoms with Crippen molar-refractivity contribution < 1.29 is 0 Å². The number of fused-ring (bicyclic) bond motifs is 1. The van der Waals surface area contributed by atoms with Crippen LogP contribution in [0.25, 0.3) is 10.8 Å². The number of nitrogens with zero attached hydrogens (tertiary/aromatic N) is 1. The number of hydrogen-bond donors (Lipinski definition) is 1. The largest absolute Gasteiger partial charge is 0.381 e. The Morgan fingerprint density at radius 1 is 0.905 bits per heavy atom. The fourth-order valence-corrected chi connectivity index (χ4v) is 2.89. The lowest BCUT2D eigenvalue weighted by molar-refractivity contribution is 1.13. The molecule has 3 aromatic rings. The molecule has 2 nitrogen and oxygen atoms in total. The molecular weight excluding hydrogens is 256 g/mol. The normalized spacial score (nSPS) is 10.8. The first-order chi connectivity index (χ1) is 10.1. The molecule has 1 N–H and O–H groups in total. The van der Waals surface area contributed by atoms with E-state index in [1.165, 1.54) is 38.7 Å². The van der Waals surface area contributed by atoms with E-state index in [-0.39, 0.29) is 0 Å². The summed E-state index contributed by atoms with van der Waals surface area (Å²) >= 11 is 0. The highest BCUT2D eigenvalue weighted by Gasteiger charge is 2.04. The highest BCUT2D eigenvalue weighted by atomic mass is 14.9. The Morgan fingerprint density at radius 3 is 2.43 bits per heavy atom. The molecule has 0 amide bonds. The minimum atomic E-state index is 0.836. The van der Waals surface area contributed by atoms with Crippen molar-refractivity contribution in [2.75, 3.05) is 5.32 Å². The summed E-state index contributed by atoms with van der Waals surface area (Å²) < 4.78 is 0. The molecule has 0 aliphatic rings. The minimum Gasteiger partial charge on any atom is -0.381 e. The predicted octanol–water partition coefficient (Wildman–Crippen LogP) is 4.77. The van der Waals surface area contributed by atoms with Crippen LogP contribution in [0.15, 0.2) is 48.8 Å². The van der Waals surface area contributed by atoms with E-state index in [0.717, 1.165) is 6.54 Å². The molecule has 0 atom stereocenters. The van der Waals surface area contributed by atoms with Gasteiger partial charge in [-0.3, -0.25) is 4.98 Å². The SMILES string of the molecule is Cc1cc(C)c(NCc2ccc3cnccc3c2)c(C)c1. The van der Waals surface area contributed by atoms with Gasteiger partial charge in [0.2, 0.25) is 0 Å². The smallest absolute Gasteiger partial charge is 0.0402 e. The molecule has 0 unspecified atom stereocenters. The van der Waals surface area contributed by atoms with Gasteiger partial charge in [-0.1, -0.05) is 29.8 Å². The second-order valence-electron chi connectivity index (χ2n) is 5.68. The maximum absolute atomic E-state index is 4.15. The molecule has 0 aliphatic carbocycles. The van der Waals surface area contributed by atoms with Gasteiger partial charge in [-0.25, -0.2) is 0 Å². The third kappa shape index (κ3) is 2.89. The molecule has 0 saturated carbocycles. The lowest BCUT2D eigenvalue weighted by Crippen LogP contribution is -2.03. The molecule has 0 fully saturated rings. The first-order valence-corrected chi connectivity index (χ1v) is 7.28. The Hall–Kier alpha value is -2.35. The van der Waals surface area contributed by atoms with E-state index < -0.39 is 0 Å². The van der Waals surface area contributed by atoms with Gasteiger partial charge < -0.3 is 5.32 Å². The van der Waals surface area contributed by atoms with Gasteiger partial charge in [-0.05, 0) is 55.0 Å². The number of rotatable bonds is 3. The lowest BCUT2D eigenvalue weighted by atomic mass is 10.0. The molecule has 106 valence electrons. The summed E-state index contributed by atoms with van der Waals surface area (Å²) in [5.41, 5.74) is 6.45. The Labute approximate surface area is 125 Å². The fourth-order valence-electron chi connectivity index (χ4n) is 2.89. The lowest BCUT2D eigenvalue weighted by Gasteiger charge is -2.14. The van der Waals surface area contributed by atoms with Crippen LogP contribution in [0.5, 0.6) is 0 Å². The quantitative estimate of drug-likeness (QED) is 0.745. The predicted molar refractivity (Wildman–Crippen MR) is 89.7 cm³/mol. The van der Waals surface area contributed by atoms with Crippen molar-refractivity contribution in [3.8, 4) is 0 Å². The number of hydrogen-bond acceptors (Lipinski definition) is 2. The average Bonchev–Trinajstić information content (AvgIpc) is 2.46. The molecule has 0 radical (unpaired) electrons.